The molecule has 0 amide bonds. The Morgan fingerprint density at radius 3 is 2.00 bits per heavy atom. The van der Waals surface area contributed by atoms with E-state index in [1.165, 1.54) is 0 Å². The molecule has 0 aromatic carbocycles. The van der Waals surface area contributed by atoms with Gasteiger partial charge < -0.3 is 5.73 Å². The molecule has 0 saturated carbocycles. The van der Waals surface area contributed by atoms with Crippen LogP contribution in [0.1, 0.15) is 33.1 Å². The van der Waals surface area contributed by atoms with E-state index in [-0.39, 0.29) is 5.41 Å². The fourth-order valence-electron chi connectivity index (χ4n) is 1.08. The molecular formula is C9H17N. The molecule has 1 nitrogen and oxygen atoms in total. The van der Waals surface area contributed by atoms with E-state index in [1.54, 1.807) is 0 Å². The van der Waals surface area contributed by atoms with E-state index in [1.807, 2.05) is 0 Å². The third-order valence-electron chi connectivity index (χ3n) is 2.41. The second-order valence-corrected chi connectivity index (χ2v) is 2.79. The Kier molecular flexibility index (Phi) is 4.14. The van der Waals surface area contributed by atoms with E-state index in [0.29, 0.717) is 6.54 Å². The normalized spacial score (nSPS) is 11.0. The van der Waals surface area contributed by atoms with Crippen LogP contribution in [0.2, 0.25) is 0 Å². The fourth-order valence-corrected chi connectivity index (χ4v) is 1.08. The van der Waals surface area contributed by atoms with E-state index >= 15 is 0 Å². The predicted molar refractivity (Wildman–Crippen MR) is 45.5 cm³/mol. The monoisotopic (exact) mass is 139 g/mol. The van der Waals surface area contributed by atoms with Gasteiger partial charge in [0.05, 0.1) is 0 Å². The molecule has 10 heavy (non-hydrogen) atoms. The highest BCUT2D eigenvalue weighted by Crippen LogP contribution is 2.28. The van der Waals surface area contributed by atoms with Gasteiger partial charge in [0.25, 0.3) is 0 Å². The Morgan fingerprint density at radius 1 is 1.40 bits per heavy atom. The molecule has 0 radical (unpaired) electrons. The quantitative estimate of drug-likeness (QED) is 0.590. The van der Waals surface area contributed by atoms with E-state index in [9.17, 15) is 0 Å². The summed E-state index contributed by atoms with van der Waals surface area (Å²) in [5, 5.41) is 0. The standard InChI is InChI=1S/C9H17N/c1-4-7-9(5-2,6-3)8-10/h1H,5-8,10H2,2-3H3. The van der Waals surface area contributed by atoms with Gasteiger partial charge in [0.15, 0.2) is 0 Å². The first-order valence-corrected chi connectivity index (χ1v) is 3.88. The van der Waals surface area contributed by atoms with Crippen LogP contribution < -0.4 is 5.73 Å². The molecule has 0 unspecified atom stereocenters. The van der Waals surface area contributed by atoms with Gasteiger partial charge >= 0.3 is 0 Å². The predicted octanol–water partition coefficient (Wildman–Crippen LogP) is 1.77. The zero-order chi connectivity index (χ0) is 8.04. The van der Waals surface area contributed by atoms with Crippen LogP contribution in [-0.2, 0) is 0 Å². The smallest absolute Gasteiger partial charge is 0.0155 e. The first-order chi connectivity index (χ1) is 4.74. The van der Waals surface area contributed by atoms with Crippen LogP contribution in [0.4, 0.5) is 0 Å². The number of terminal acetylenes is 1. The van der Waals surface area contributed by atoms with Gasteiger partial charge in [-0.2, -0.15) is 0 Å². The van der Waals surface area contributed by atoms with Crippen LogP contribution in [0, 0.1) is 17.8 Å². The number of hydrogen-bond donors (Lipinski definition) is 1. The summed E-state index contributed by atoms with van der Waals surface area (Å²) < 4.78 is 0. The largest absolute Gasteiger partial charge is 0.330 e. The third kappa shape index (κ3) is 2.04. The van der Waals surface area contributed by atoms with Crippen LogP contribution in [0.5, 0.6) is 0 Å². The maximum atomic E-state index is 5.62. The molecule has 2 N–H and O–H groups in total. The molecule has 0 aromatic heterocycles. The van der Waals surface area contributed by atoms with Gasteiger partial charge in [-0.15, -0.1) is 12.3 Å². The zero-order valence-corrected chi connectivity index (χ0v) is 6.98. The Hall–Kier alpha value is -0.480. The molecule has 0 aliphatic rings. The molecule has 0 rings (SSSR count). The van der Waals surface area contributed by atoms with Crippen LogP contribution in [0.3, 0.4) is 0 Å². The van der Waals surface area contributed by atoms with Crippen LogP contribution in [0.15, 0.2) is 0 Å². The molecule has 0 aliphatic heterocycles. The molecule has 0 atom stereocenters. The lowest BCUT2D eigenvalue weighted by Gasteiger charge is -2.27. The second kappa shape index (κ2) is 4.35. The maximum Gasteiger partial charge on any atom is 0.0155 e. The molecule has 1 heteroatoms. The van der Waals surface area contributed by atoms with Crippen LogP contribution in [-0.4, -0.2) is 6.54 Å². The van der Waals surface area contributed by atoms with Crippen molar-refractivity contribution < 1.29 is 0 Å². The van der Waals surface area contributed by atoms with Crippen molar-refractivity contribution in [2.45, 2.75) is 33.1 Å². The van der Waals surface area contributed by atoms with Crippen molar-refractivity contribution in [2.75, 3.05) is 6.54 Å². The lowest BCUT2D eigenvalue weighted by atomic mass is 9.80. The third-order valence-corrected chi connectivity index (χ3v) is 2.41. The summed E-state index contributed by atoms with van der Waals surface area (Å²) in [7, 11) is 0. The highest BCUT2D eigenvalue weighted by molar-refractivity contribution is 4.94. The Morgan fingerprint density at radius 2 is 1.90 bits per heavy atom. The average Bonchev–Trinajstić information content (AvgIpc) is 2.01. The Balaban J connectivity index is 4.04. The molecule has 0 heterocycles. The molecule has 58 valence electrons. The number of hydrogen-bond acceptors (Lipinski definition) is 1. The Labute approximate surface area is 64.0 Å². The maximum absolute atomic E-state index is 5.62. The van der Waals surface area contributed by atoms with Crippen molar-refractivity contribution in [2.24, 2.45) is 11.1 Å². The van der Waals surface area contributed by atoms with Gasteiger partial charge in [-0.05, 0) is 24.8 Å². The summed E-state index contributed by atoms with van der Waals surface area (Å²) >= 11 is 0. The van der Waals surface area contributed by atoms with Gasteiger partial charge in [0, 0.05) is 6.42 Å². The highest BCUT2D eigenvalue weighted by Gasteiger charge is 2.22. The lowest BCUT2D eigenvalue weighted by Crippen LogP contribution is -2.28. The molecule has 0 bridgehead atoms. The summed E-state index contributed by atoms with van der Waals surface area (Å²) in [6, 6.07) is 0. The van der Waals surface area contributed by atoms with Crippen molar-refractivity contribution in [1.29, 1.82) is 0 Å². The van der Waals surface area contributed by atoms with Crippen molar-refractivity contribution in [3.63, 3.8) is 0 Å². The Bertz CT molecular complexity index is 109. The van der Waals surface area contributed by atoms with Gasteiger partial charge in [0.2, 0.25) is 0 Å². The fraction of sp³-hybridized carbons (Fsp3) is 0.778. The lowest BCUT2D eigenvalue weighted by molar-refractivity contribution is 0.282. The van der Waals surface area contributed by atoms with E-state index < -0.39 is 0 Å². The van der Waals surface area contributed by atoms with Crippen molar-refractivity contribution in [3.05, 3.63) is 0 Å². The first kappa shape index (κ1) is 9.52. The minimum Gasteiger partial charge on any atom is -0.330 e. The summed E-state index contributed by atoms with van der Waals surface area (Å²) in [6.07, 6.45) is 8.23. The molecule has 0 fully saturated rings. The van der Waals surface area contributed by atoms with Crippen LogP contribution in [0.25, 0.3) is 0 Å². The zero-order valence-electron chi connectivity index (χ0n) is 6.98. The minimum absolute atomic E-state index is 0.217. The van der Waals surface area contributed by atoms with Gasteiger partial charge in [-0.1, -0.05) is 13.8 Å². The van der Waals surface area contributed by atoms with Crippen LogP contribution >= 0.6 is 0 Å². The molecule has 0 saturated heterocycles. The van der Waals surface area contributed by atoms with Crippen molar-refractivity contribution in [1.82, 2.24) is 0 Å². The summed E-state index contributed by atoms with van der Waals surface area (Å²) in [6.45, 7) is 5.01. The molecule has 0 aromatic rings. The van der Waals surface area contributed by atoms with Gasteiger partial charge in [-0.25, -0.2) is 0 Å². The summed E-state index contributed by atoms with van der Waals surface area (Å²) in [5.74, 6) is 2.68. The minimum atomic E-state index is 0.217. The van der Waals surface area contributed by atoms with E-state index in [2.05, 4.69) is 19.8 Å². The highest BCUT2D eigenvalue weighted by atomic mass is 14.6. The number of nitrogens with two attached hydrogens (primary N) is 1. The second-order valence-electron chi connectivity index (χ2n) is 2.79. The summed E-state index contributed by atoms with van der Waals surface area (Å²) in [5.41, 5.74) is 5.84. The van der Waals surface area contributed by atoms with Crippen molar-refractivity contribution in [3.8, 4) is 12.3 Å². The number of rotatable bonds is 4. The van der Waals surface area contributed by atoms with E-state index in [0.717, 1.165) is 19.3 Å². The van der Waals surface area contributed by atoms with Crippen molar-refractivity contribution >= 4 is 0 Å². The molecule has 0 aliphatic carbocycles. The first-order valence-electron chi connectivity index (χ1n) is 3.88. The summed E-state index contributed by atoms with van der Waals surface area (Å²) in [4.78, 5) is 0. The molecular weight excluding hydrogens is 122 g/mol. The topological polar surface area (TPSA) is 26.0 Å². The average molecular weight is 139 g/mol. The van der Waals surface area contributed by atoms with E-state index in [4.69, 9.17) is 12.2 Å². The van der Waals surface area contributed by atoms with Gasteiger partial charge in [0.1, 0.15) is 0 Å². The SMILES string of the molecule is C#CCC(CC)(CC)CN. The van der Waals surface area contributed by atoms with Gasteiger partial charge in [-0.3, -0.25) is 0 Å². The molecule has 0 spiro atoms.